The van der Waals surface area contributed by atoms with Crippen molar-refractivity contribution >= 4 is 23.1 Å². The van der Waals surface area contributed by atoms with Gasteiger partial charge >= 0.3 is 0 Å². The molecule has 2 N–H and O–H groups in total. The highest BCUT2D eigenvalue weighted by atomic mass is 16.5. The smallest absolute Gasteiger partial charge is 0.300 e. The number of hydrogen-bond acceptors (Lipinski definition) is 5. The number of aliphatic hydroxyl groups is 1. The van der Waals surface area contributed by atoms with Gasteiger partial charge in [-0.3, -0.25) is 14.5 Å². The lowest BCUT2D eigenvalue weighted by Crippen LogP contribution is -2.29. The van der Waals surface area contributed by atoms with Crippen molar-refractivity contribution < 1.29 is 24.5 Å². The van der Waals surface area contributed by atoms with Gasteiger partial charge in [-0.2, -0.15) is 0 Å². The lowest BCUT2D eigenvalue weighted by Gasteiger charge is -2.26. The molecule has 1 amide bonds. The fourth-order valence-corrected chi connectivity index (χ4v) is 4.09. The number of nitrogens with zero attached hydrogens (tertiary/aromatic N) is 1. The van der Waals surface area contributed by atoms with Crippen LogP contribution in [0.15, 0.2) is 72.3 Å². The number of carbonyl (C=O) groups is 2. The van der Waals surface area contributed by atoms with Crippen LogP contribution in [0.4, 0.5) is 5.69 Å². The maximum atomic E-state index is 13.2. The monoisotopic (exact) mass is 429 g/mol. The van der Waals surface area contributed by atoms with E-state index >= 15 is 0 Å². The summed E-state index contributed by atoms with van der Waals surface area (Å²) < 4.78 is 5.28. The Morgan fingerprint density at radius 2 is 1.72 bits per heavy atom. The first-order chi connectivity index (χ1) is 15.3. The molecule has 6 heteroatoms. The molecule has 0 aromatic heterocycles. The highest BCUT2D eigenvalue weighted by Gasteiger charge is 2.47. The predicted octanol–water partition coefficient (Wildman–Crippen LogP) is 4.64. The van der Waals surface area contributed by atoms with Gasteiger partial charge in [0.25, 0.3) is 11.7 Å². The summed E-state index contributed by atoms with van der Waals surface area (Å²) in [6.07, 6.45) is 0. The maximum Gasteiger partial charge on any atom is 0.300 e. The third-order valence-corrected chi connectivity index (χ3v) is 5.61. The number of carbonyl (C=O) groups excluding carboxylic acids is 2. The molecule has 1 aliphatic rings. The van der Waals surface area contributed by atoms with Crippen molar-refractivity contribution in [1.82, 2.24) is 0 Å². The molecular weight excluding hydrogens is 406 g/mol. The van der Waals surface area contributed by atoms with Gasteiger partial charge in [-0.05, 0) is 55.3 Å². The Morgan fingerprint density at radius 1 is 0.969 bits per heavy atom. The van der Waals surface area contributed by atoms with Gasteiger partial charge in [-0.1, -0.05) is 42.0 Å². The van der Waals surface area contributed by atoms with Gasteiger partial charge in [-0.15, -0.1) is 0 Å². The average Bonchev–Trinajstić information content (AvgIpc) is 3.04. The fraction of sp³-hybridized carbons (Fsp3) is 0.154. The summed E-state index contributed by atoms with van der Waals surface area (Å²) in [6.45, 7) is 3.73. The van der Waals surface area contributed by atoms with Gasteiger partial charge in [0, 0.05) is 5.56 Å². The third kappa shape index (κ3) is 3.50. The highest BCUT2D eigenvalue weighted by molar-refractivity contribution is 6.51. The highest BCUT2D eigenvalue weighted by Crippen LogP contribution is 2.44. The number of aryl methyl sites for hydroxylation is 2. The van der Waals surface area contributed by atoms with Crippen molar-refractivity contribution in [3.63, 3.8) is 0 Å². The van der Waals surface area contributed by atoms with Crippen LogP contribution < -0.4 is 9.64 Å². The Kier molecular flexibility index (Phi) is 5.45. The Bertz CT molecular complexity index is 1260. The zero-order chi connectivity index (χ0) is 23.0. The van der Waals surface area contributed by atoms with Gasteiger partial charge in [0.2, 0.25) is 0 Å². The summed E-state index contributed by atoms with van der Waals surface area (Å²) in [5.74, 6) is -1.40. The molecule has 1 heterocycles. The number of anilines is 1. The summed E-state index contributed by atoms with van der Waals surface area (Å²) in [5, 5.41) is 21.6. The largest absolute Gasteiger partial charge is 0.507 e. The van der Waals surface area contributed by atoms with Crippen molar-refractivity contribution in [3.8, 4) is 11.5 Å². The number of phenolic OH excluding ortho intramolecular Hbond substituents is 1. The lowest BCUT2D eigenvalue weighted by atomic mass is 9.93. The van der Waals surface area contributed by atoms with Gasteiger partial charge in [0.15, 0.2) is 0 Å². The van der Waals surface area contributed by atoms with Crippen LogP contribution in [0.3, 0.4) is 0 Å². The summed E-state index contributed by atoms with van der Waals surface area (Å²) in [5.41, 5.74) is 2.93. The molecule has 1 atom stereocenters. The van der Waals surface area contributed by atoms with Gasteiger partial charge in [0.1, 0.15) is 17.3 Å². The normalized spacial score (nSPS) is 17.6. The van der Waals surface area contributed by atoms with Crippen LogP contribution in [-0.2, 0) is 9.59 Å². The van der Waals surface area contributed by atoms with Crippen LogP contribution in [0.2, 0.25) is 0 Å². The lowest BCUT2D eigenvalue weighted by molar-refractivity contribution is -0.132. The molecule has 0 aliphatic carbocycles. The molecular formula is C26H23NO5. The number of Topliss-reactive ketones (excluding diaryl/α,β-unsaturated/α-hetero) is 1. The van der Waals surface area contributed by atoms with Crippen molar-refractivity contribution in [3.05, 3.63) is 94.6 Å². The molecule has 1 saturated heterocycles. The second kappa shape index (κ2) is 8.23. The van der Waals surface area contributed by atoms with Gasteiger partial charge < -0.3 is 14.9 Å². The summed E-state index contributed by atoms with van der Waals surface area (Å²) in [6, 6.07) is 17.9. The molecule has 0 radical (unpaired) electrons. The number of ketones is 1. The number of ether oxygens (including phenoxy) is 1. The first-order valence-corrected chi connectivity index (χ1v) is 10.1. The summed E-state index contributed by atoms with van der Waals surface area (Å²) >= 11 is 0. The number of para-hydroxylation sites is 2. The molecule has 1 aliphatic heterocycles. The third-order valence-electron chi connectivity index (χ3n) is 5.61. The van der Waals surface area contributed by atoms with E-state index in [0.717, 1.165) is 11.1 Å². The fourth-order valence-electron chi connectivity index (χ4n) is 4.09. The van der Waals surface area contributed by atoms with E-state index < -0.39 is 17.7 Å². The molecule has 0 saturated carbocycles. The molecule has 6 nitrogen and oxygen atoms in total. The van der Waals surface area contributed by atoms with Crippen LogP contribution in [-0.4, -0.2) is 29.0 Å². The van der Waals surface area contributed by atoms with Crippen molar-refractivity contribution in [2.75, 3.05) is 12.0 Å². The van der Waals surface area contributed by atoms with Crippen molar-refractivity contribution in [2.24, 2.45) is 0 Å². The summed E-state index contributed by atoms with van der Waals surface area (Å²) in [4.78, 5) is 27.6. The zero-order valence-electron chi connectivity index (χ0n) is 18.0. The number of rotatable bonds is 4. The Balaban J connectivity index is 1.97. The van der Waals surface area contributed by atoms with Gasteiger partial charge in [-0.25, -0.2) is 0 Å². The van der Waals surface area contributed by atoms with E-state index in [1.807, 2.05) is 32.0 Å². The molecule has 1 fully saturated rings. The Morgan fingerprint density at radius 3 is 2.38 bits per heavy atom. The number of aromatic hydroxyl groups is 1. The molecule has 3 aromatic carbocycles. The first-order valence-electron chi connectivity index (χ1n) is 10.1. The van der Waals surface area contributed by atoms with Crippen LogP contribution in [0.1, 0.15) is 28.3 Å². The number of phenols is 1. The van der Waals surface area contributed by atoms with Crippen LogP contribution in [0, 0.1) is 13.8 Å². The maximum absolute atomic E-state index is 13.2. The standard InChI is InChI=1S/C26H23NO5/c1-15-7-6-8-17(13-15)23-22(24(29)18-11-12-21(32-3)16(2)14-18)25(30)26(31)27(23)19-9-4-5-10-20(19)28/h4-14,23,28-29H,1-3H3/b24-22-. The van der Waals surface area contributed by atoms with E-state index in [9.17, 15) is 19.8 Å². The van der Waals surface area contributed by atoms with E-state index in [1.165, 1.54) is 11.0 Å². The second-order valence-corrected chi connectivity index (χ2v) is 7.76. The van der Waals surface area contributed by atoms with Crippen molar-refractivity contribution in [1.29, 1.82) is 0 Å². The van der Waals surface area contributed by atoms with Crippen molar-refractivity contribution in [2.45, 2.75) is 19.9 Å². The van der Waals surface area contributed by atoms with Crippen LogP contribution in [0.5, 0.6) is 11.5 Å². The first kappa shape index (κ1) is 21.2. The molecule has 32 heavy (non-hydrogen) atoms. The minimum atomic E-state index is -0.898. The predicted molar refractivity (Wildman–Crippen MR) is 122 cm³/mol. The molecule has 0 bridgehead atoms. The molecule has 4 rings (SSSR count). The van der Waals surface area contributed by atoms with E-state index in [2.05, 4.69) is 0 Å². The zero-order valence-corrected chi connectivity index (χ0v) is 18.0. The number of methoxy groups -OCH3 is 1. The summed E-state index contributed by atoms with van der Waals surface area (Å²) in [7, 11) is 1.55. The average molecular weight is 429 g/mol. The minimum absolute atomic E-state index is 0.0339. The Labute approximate surface area is 186 Å². The SMILES string of the molecule is COc1ccc(/C(O)=C2/C(=O)C(=O)N(c3ccccc3O)C2c2cccc(C)c2)cc1C. The van der Waals surface area contributed by atoms with E-state index in [4.69, 9.17) is 4.74 Å². The Hall–Kier alpha value is -4.06. The van der Waals surface area contributed by atoms with Crippen LogP contribution in [0.25, 0.3) is 5.76 Å². The number of aliphatic hydroxyl groups excluding tert-OH is 1. The molecule has 162 valence electrons. The molecule has 0 spiro atoms. The second-order valence-electron chi connectivity index (χ2n) is 7.76. The number of benzene rings is 3. The van der Waals surface area contributed by atoms with Crippen LogP contribution >= 0.6 is 0 Å². The minimum Gasteiger partial charge on any atom is -0.507 e. The molecule has 1 unspecified atom stereocenters. The van der Waals surface area contributed by atoms with E-state index in [-0.39, 0.29) is 22.8 Å². The number of amides is 1. The van der Waals surface area contributed by atoms with Gasteiger partial charge in [0.05, 0.1) is 24.4 Å². The van der Waals surface area contributed by atoms with E-state index in [1.54, 1.807) is 49.6 Å². The number of hydrogen-bond donors (Lipinski definition) is 2. The van der Waals surface area contributed by atoms with E-state index in [0.29, 0.717) is 16.9 Å². The topological polar surface area (TPSA) is 87.1 Å². The quantitative estimate of drug-likeness (QED) is 0.358. The molecule has 3 aromatic rings.